The summed E-state index contributed by atoms with van der Waals surface area (Å²) in [5.74, 6) is 2.53. The molecule has 15 aromatic carbocycles. The number of rotatable bonds is 15. The van der Waals surface area contributed by atoms with Crippen LogP contribution in [0.1, 0.15) is 0 Å². The molecule has 0 radical (unpaired) electrons. The first-order chi connectivity index (χ1) is 63.4. The molecule has 0 spiro atoms. The summed E-state index contributed by atoms with van der Waals surface area (Å²) in [5.41, 5.74) is 30.7. The molecular formula is C116H77N11O. The Kier molecular flexibility index (Phi) is 20.4. The molecule has 24 aromatic rings. The third kappa shape index (κ3) is 15.2. The van der Waals surface area contributed by atoms with Gasteiger partial charge in [-0.1, -0.05) is 309 Å². The van der Waals surface area contributed by atoms with Gasteiger partial charge in [-0.2, -0.15) is 0 Å². The Morgan fingerprint density at radius 2 is 0.422 bits per heavy atom. The first-order valence-corrected chi connectivity index (χ1v) is 42.7. The van der Waals surface area contributed by atoms with Crippen molar-refractivity contribution in [2.24, 2.45) is 0 Å². The Labute approximate surface area is 738 Å². The monoisotopic (exact) mass is 1640 g/mol. The number of nitrogens with zero attached hydrogens (tertiary/aromatic N) is 11. The van der Waals surface area contributed by atoms with E-state index in [1.807, 2.05) is 60.8 Å². The standard InChI is InChI=1S/2C39H26N4.C38H25N3O/c1-2-9-27(10-3-1)28-16-18-29(19-17-28)35-25-36(42-39(41-35)31-11-8-24-40-26-31)30-20-22-32(23-21-30)43-37-14-6-4-12-33(37)34-13-5-7-15-38(34)43;1-2-8-27(9-3-1)28-14-16-29(17-15-28)35-26-36(42-39(41-35)31-22-24-40-25-23-31)30-18-20-32(21-19-30)43-37-12-6-4-10-33(37)34-11-5-7-13-38(34)43;1-2-9-26(10-3-1)27-16-18-28(19-17-27)33-25-34(40-38(39-33)37-15-8-24-42-37)29-20-22-30(23-21-29)41-35-13-6-4-11-31(35)32-12-5-7-14-36(32)41/h2*1-26H;1-25H. The molecule has 9 aromatic heterocycles. The summed E-state index contributed by atoms with van der Waals surface area (Å²) in [6, 6.07) is 152. The van der Waals surface area contributed by atoms with Crippen LogP contribution in [0, 0.1) is 0 Å². The summed E-state index contributed by atoms with van der Waals surface area (Å²) in [4.78, 5) is 38.3. The Morgan fingerprint density at radius 1 is 0.172 bits per heavy atom. The van der Waals surface area contributed by atoms with Crippen LogP contribution in [-0.4, -0.2) is 53.6 Å². The van der Waals surface area contributed by atoms with E-state index in [0.717, 1.165) is 95.7 Å². The number of benzene rings is 15. The van der Waals surface area contributed by atoms with Gasteiger partial charge < -0.3 is 18.1 Å². The Balaban J connectivity index is 0.000000113. The van der Waals surface area contributed by atoms with Gasteiger partial charge in [-0.15, -0.1) is 0 Å². The number of aromatic nitrogens is 11. The van der Waals surface area contributed by atoms with Crippen LogP contribution in [0.25, 0.3) is 218 Å². The SMILES string of the molecule is c1ccc(-c2ccc(-c3cc(-c4ccc(-n5c6ccccc6c6ccccc65)cc4)nc(-c4cccnc4)n3)cc2)cc1.c1ccc(-c2ccc(-c3cc(-c4ccc(-n5c6ccccc6c6ccccc65)cc4)nc(-c4ccco4)n3)cc2)cc1.c1ccc(-c2ccc(-c3cc(-c4ccc(-n5c6ccccc6c6ccccc65)cc4)nc(-c4ccncc4)n3)cc2)cc1. The summed E-state index contributed by atoms with van der Waals surface area (Å²) in [6.07, 6.45) is 8.79. The minimum atomic E-state index is 0.561. The van der Waals surface area contributed by atoms with Gasteiger partial charge >= 0.3 is 0 Å². The van der Waals surface area contributed by atoms with Crippen LogP contribution in [0.15, 0.2) is 472 Å². The lowest BCUT2D eigenvalue weighted by Gasteiger charge is -2.12. The van der Waals surface area contributed by atoms with Gasteiger partial charge in [0.05, 0.1) is 73.5 Å². The highest BCUT2D eigenvalue weighted by molar-refractivity contribution is 6.11. The second-order valence-electron chi connectivity index (χ2n) is 31.4. The van der Waals surface area contributed by atoms with E-state index in [4.69, 9.17) is 34.3 Å². The molecule has 0 N–H and O–H groups in total. The van der Waals surface area contributed by atoms with Gasteiger partial charge in [-0.25, -0.2) is 29.9 Å². The zero-order valence-electron chi connectivity index (χ0n) is 69.3. The quantitative estimate of drug-likeness (QED) is 0.0984. The molecule has 0 aliphatic carbocycles. The largest absolute Gasteiger partial charge is 0.461 e. The van der Waals surface area contributed by atoms with Gasteiger partial charge in [-0.05, 0) is 161 Å². The molecule has 0 amide bonds. The molecule has 12 heteroatoms. The predicted octanol–water partition coefficient (Wildman–Crippen LogP) is 29.1. The first kappa shape index (κ1) is 76.6. The van der Waals surface area contributed by atoms with Crippen molar-refractivity contribution in [1.82, 2.24) is 53.6 Å². The van der Waals surface area contributed by atoms with Gasteiger partial charge in [-0.3, -0.25) is 9.97 Å². The molecule has 0 atom stereocenters. The molecule has 0 unspecified atom stereocenters. The average molecular weight is 1640 g/mol. The van der Waals surface area contributed by atoms with Crippen molar-refractivity contribution in [3.63, 3.8) is 0 Å². The number of hydrogen-bond acceptors (Lipinski definition) is 9. The summed E-state index contributed by atoms with van der Waals surface area (Å²) in [7, 11) is 0. The van der Waals surface area contributed by atoms with Crippen LogP contribution in [0.3, 0.4) is 0 Å². The second kappa shape index (κ2) is 34.1. The molecule has 602 valence electrons. The maximum atomic E-state index is 5.70. The van der Waals surface area contributed by atoms with Crippen molar-refractivity contribution >= 4 is 65.4 Å². The smallest absolute Gasteiger partial charge is 0.196 e. The normalized spacial score (nSPS) is 11.3. The molecule has 24 rings (SSSR count). The zero-order valence-corrected chi connectivity index (χ0v) is 69.3. The van der Waals surface area contributed by atoms with E-state index in [9.17, 15) is 0 Å². The van der Waals surface area contributed by atoms with Crippen LogP contribution in [0.4, 0.5) is 0 Å². The van der Waals surface area contributed by atoms with E-state index >= 15 is 0 Å². The second-order valence-corrected chi connectivity index (χ2v) is 31.4. The van der Waals surface area contributed by atoms with Crippen molar-refractivity contribution in [1.29, 1.82) is 0 Å². The molecule has 12 nitrogen and oxygen atoms in total. The van der Waals surface area contributed by atoms with Crippen molar-refractivity contribution < 1.29 is 4.42 Å². The van der Waals surface area contributed by atoms with E-state index in [0.29, 0.717) is 23.2 Å². The maximum absolute atomic E-state index is 5.70. The van der Waals surface area contributed by atoms with E-state index in [2.05, 4.69) is 406 Å². The molecule has 0 fully saturated rings. The van der Waals surface area contributed by atoms with Crippen molar-refractivity contribution in [3.05, 3.63) is 468 Å². The number of para-hydroxylation sites is 6. The lowest BCUT2D eigenvalue weighted by Crippen LogP contribution is -1.97. The van der Waals surface area contributed by atoms with E-state index in [1.165, 1.54) is 98.8 Å². The fraction of sp³-hybridized carbons (Fsp3) is 0. The number of fused-ring (bicyclic) bond motifs is 9. The van der Waals surface area contributed by atoms with Gasteiger partial charge in [0.15, 0.2) is 23.2 Å². The fourth-order valence-corrected chi connectivity index (χ4v) is 17.3. The van der Waals surface area contributed by atoms with E-state index < -0.39 is 0 Å². The van der Waals surface area contributed by atoms with Crippen molar-refractivity contribution in [2.45, 2.75) is 0 Å². The highest BCUT2D eigenvalue weighted by Crippen LogP contribution is 2.40. The van der Waals surface area contributed by atoms with E-state index in [1.54, 1.807) is 24.9 Å². The lowest BCUT2D eigenvalue weighted by atomic mass is 10.0. The van der Waals surface area contributed by atoms with Crippen LogP contribution >= 0.6 is 0 Å². The van der Waals surface area contributed by atoms with Gasteiger partial charge in [0, 0.05) is 119 Å². The summed E-state index contributed by atoms with van der Waals surface area (Å²) >= 11 is 0. The van der Waals surface area contributed by atoms with Crippen molar-refractivity contribution in [3.8, 4) is 152 Å². The molecule has 0 saturated carbocycles. The summed E-state index contributed by atoms with van der Waals surface area (Å²) in [5, 5.41) is 7.51. The Morgan fingerprint density at radius 3 is 0.703 bits per heavy atom. The number of hydrogen-bond donors (Lipinski definition) is 0. The highest BCUT2D eigenvalue weighted by atomic mass is 16.3. The molecule has 0 aliphatic heterocycles. The number of furan rings is 1. The van der Waals surface area contributed by atoms with Gasteiger partial charge in [0.2, 0.25) is 0 Å². The van der Waals surface area contributed by atoms with Crippen LogP contribution in [0.2, 0.25) is 0 Å². The first-order valence-electron chi connectivity index (χ1n) is 42.7. The lowest BCUT2D eigenvalue weighted by molar-refractivity contribution is 0.577. The number of pyridine rings is 2. The van der Waals surface area contributed by atoms with E-state index in [-0.39, 0.29) is 0 Å². The zero-order chi connectivity index (χ0) is 85.1. The summed E-state index contributed by atoms with van der Waals surface area (Å²) < 4.78 is 12.7. The molecule has 0 saturated heterocycles. The fourth-order valence-electron chi connectivity index (χ4n) is 17.3. The van der Waals surface area contributed by atoms with Gasteiger partial charge in [0.25, 0.3) is 0 Å². The maximum Gasteiger partial charge on any atom is 0.196 e. The minimum absolute atomic E-state index is 0.561. The van der Waals surface area contributed by atoms with Gasteiger partial charge in [0.1, 0.15) is 0 Å². The van der Waals surface area contributed by atoms with Crippen molar-refractivity contribution in [2.75, 3.05) is 0 Å². The third-order valence-electron chi connectivity index (χ3n) is 23.6. The summed E-state index contributed by atoms with van der Waals surface area (Å²) in [6.45, 7) is 0. The van der Waals surface area contributed by atoms with Crippen LogP contribution in [0.5, 0.6) is 0 Å². The predicted molar refractivity (Wildman–Crippen MR) is 522 cm³/mol. The molecular weight excluding hydrogens is 1560 g/mol. The topological polar surface area (TPSA) is 131 Å². The molecule has 0 bridgehead atoms. The van der Waals surface area contributed by atoms with Crippen LogP contribution in [-0.2, 0) is 0 Å². The Hall–Kier alpha value is -17.5. The third-order valence-corrected chi connectivity index (χ3v) is 23.6. The minimum Gasteiger partial charge on any atom is -0.461 e. The average Bonchev–Trinajstić information content (AvgIpc) is 1.61. The van der Waals surface area contributed by atoms with Crippen LogP contribution < -0.4 is 0 Å². The highest BCUT2D eigenvalue weighted by Gasteiger charge is 2.21. The molecule has 128 heavy (non-hydrogen) atoms. The molecule has 9 heterocycles. The Bertz CT molecular complexity index is 7610. The molecule has 0 aliphatic rings.